The van der Waals surface area contributed by atoms with Crippen LogP contribution in [0.3, 0.4) is 0 Å². The Hall–Kier alpha value is -1.68. The molecule has 0 bridgehead atoms. The summed E-state index contributed by atoms with van der Waals surface area (Å²) in [4.78, 5) is 4.65. The van der Waals surface area contributed by atoms with E-state index < -0.39 is 5.67 Å². The molecule has 0 saturated carbocycles. The summed E-state index contributed by atoms with van der Waals surface area (Å²) in [5.74, 6) is -0.163. The molecule has 130 valence electrons. The quantitative estimate of drug-likeness (QED) is 0.306. The third-order valence-electron chi connectivity index (χ3n) is 3.30. The number of allylic oxidation sites excluding steroid dienone is 3. The molecular weight excluding hydrogens is 324 g/mol. The molecule has 0 atom stereocenters. The lowest BCUT2D eigenvalue weighted by molar-refractivity contribution is 0.253. The molecule has 0 radical (unpaired) electrons. The minimum Gasteiger partial charge on any atom is -0.262 e. The summed E-state index contributed by atoms with van der Waals surface area (Å²) in [5, 5.41) is 0. The maximum atomic E-state index is 14.4. The topological polar surface area (TPSA) is 12.4 Å². The van der Waals surface area contributed by atoms with Gasteiger partial charge >= 0.3 is 0 Å². The molecule has 0 amide bonds. The maximum Gasteiger partial charge on any atom is 0.137 e. The van der Waals surface area contributed by atoms with E-state index >= 15 is 0 Å². The van der Waals surface area contributed by atoms with Gasteiger partial charge in [-0.2, -0.15) is 0 Å². The largest absolute Gasteiger partial charge is 0.262 e. The average molecular weight is 349 g/mol. The number of hydrogen-bond donors (Lipinski definition) is 0. The monoisotopic (exact) mass is 349 g/mol. The lowest BCUT2D eigenvalue weighted by atomic mass is 9.93. The number of rotatable bonds is 7. The van der Waals surface area contributed by atoms with Crippen molar-refractivity contribution in [1.82, 2.24) is 0 Å². The normalized spacial score (nSPS) is 12.0. The summed E-state index contributed by atoms with van der Waals surface area (Å²) < 4.78 is 27.9. The molecule has 1 rings (SSSR count). The van der Waals surface area contributed by atoms with Gasteiger partial charge in [-0.1, -0.05) is 24.8 Å². The van der Waals surface area contributed by atoms with Gasteiger partial charge in [0.15, 0.2) is 0 Å². The standard InChI is InChI=1S/C20H25F2NS/c1-8-23-15(5)19(13(2)3)14(4)16-9-10-18(17(21)11-16)24-12-20(6,7)22/h8-11H,1,4,12H2,2-3,5-7H3/b23-15-. The second-order valence-corrected chi connectivity index (χ2v) is 7.42. The van der Waals surface area contributed by atoms with Crippen molar-refractivity contribution < 1.29 is 8.78 Å². The van der Waals surface area contributed by atoms with Crippen molar-refractivity contribution in [2.24, 2.45) is 4.99 Å². The van der Waals surface area contributed by atoms with Crippen LogP contribution in [0.1, 0.15) is 40.2 Å². The lowest BCUT2D eigenvalue weighted by Crippen LogP contribution is -2.15. The van der Waals surface area contributed by atoms with E-state index in [9.17, 15) is 8.78 Å². The average Bonchev–Trinajstić information content (AvgIpc) is 2.44. The molecule has 1 aromatic carbocycles. The molecule has 0 saturated heterocycles. The van der Waals surface area contributed by atoms with Crippen molar-refractivity contribution in [3.05, 3.63) is 60.1 Å². The smallest absolute Gasteiger partial charge is 0.137 e. The Morgan fingerprint density at radius 1 is 1.29 bits per heavy atom. The van der Waals surface area contributed by atoms with E-state index in [1.54, 1.807) is 6.07 Å². The van der Waals surface area contributed by atoms with E-state index in [1.165, 1.54) is 37.9 Å². The Labute approximate surface area is 148 Å². The van der Waals surface area contributed by atoms with Gasteiger partial charge < -0.3 is 0 Å². The minimum atomic E-state index is -1.34. The summed E-state index contributed by atoms with van der Waals surface area (Å²) in [6.45, 7) is 16.5. The fourth-order valence-electron chi connectivity index (χ4n) is 2.28. The van der Waals surface area contributed by atoms with Crippen molar-refractivity contribution in [2.75, 3.05) is 5.75 Å². The molecule has 0 aliphatic rings. The number of alkyl halides is 1. The van der Waals surface area contributed by atoms with Gasteiger partial charge in [-0.05, 0) is 57.9 Å². The SMILES string of the molecule is C=C/N=C(/C)C(C(=C)c1ccc(SCC(C)(C)F)c(F)c1)=C(C)C. The summed E-state index contributed by atoms with van der Waals surface area (Å²) >= 11 is 1.17. The minimum absolute atomic E-state index is 0.203. The van der Waals surface area contributed by atoms with Gasteiger partial charge in [0.2, 0.25) is 0 Å². The first-order valence-electron chi connectivity index (χ1n) is 7.71. The number of hydrogen-bond acceptors (Lipinski definition) is 2. The van der Waals surface area contributed by atoms with Crippen LogP contribution in [0, 0.1) is 5.82 Å². The van der Waals surface area contributed by atoms with Crippen LogP contribution in [-0.2, 0) is 0 Å². The van der Waals surface area contributed by atoms with Gasteiger partial charge in [0.25, 0.3) is 0 Å². The summed E-state index contributed by atoms with van der Waals surface area (Å²) in [6, 6.07) is 4.93. The highest BCUT2D eigenvalue weighted by atomic mass is 32.2. The van der Waals surface area contributed by atoms with Crippen molar-refractivity contribution in [3.63, 3.8) is 0 Å². The predicted molar refractivity (Wildman–Crippen MR) is 103 cm³/mol. The Balaban J connectivity index is 3.13. The number of nitrogens with zero attached hydrogens (tertiary/aromatic N) is 1. The maximum absolute atomic E-state index is 14.4. The highest BCUT2D eigenvalue weighted by Gasteiger charge is 2.18. The third-order valence-corrected chi connectivity index (χ3v) is 4.77. The zero-order valence-corrected chi connectivity index (χ0v) is 15.9. The first-order valence-corrected chi connectivity index (χ1v) is 8.69. The summed E-state index contributed by atoms with van der Waals surface area (Å²) in [7, 11) is 0. The first-order chi connectivity index (χ1) is 11.1. The predicted octanol–water partition coefficient (Wildman–Crippen LogP) is 6.62. The van der Waals surface area contributed by atoms with Crippen LogP contribution in [0.25, 0.3) is 5.57 Å². The van der Waals surface area contributed by atoms with Crippen LogP contribution < -0.4 is 0 Å². The molecule has 4 heteroatoms. The van der Waals surface area contributed by atoms with Crippen LogP contribution in [0.5, 0.6) is 0 Å². The first kappa shape index (κ1) is 20.4. The van der Waals surface area contributed by atoms with Crippen LogP contribution >= 0.6 is 11.8 Å². The van der Waals surface area contributed by atoms with Crippen molar-refractivity contribution in [1.29, 1.82) is 0 Å². The second kappa shape index (κ2) is 8.43. The van der Waals surface area contributed by atoms with Crippen molar-refractivity contribution >= 4 is 23.0 Å². The highest BCUT2D eigenvalue weighted by molar-refractivity contribution is 7.99. The molecular formula is C20H25F2NS. The fraction of sp³-hybridized carbons (Fsp3) is 0.350. The number of halogens is 2. The third kappa shape index (κ3) is 5.75. The van der Waals surface area contributed by atoms with Gasteiger partial charge in [0.1, 0.15) is 11.5 Å². The Kier molecular flexibility index (Phi) is 7.15. The van der Waals surface area contributed by atoms with E-state index in [0.717, 1.165) is 16.9 Å². The van der Waals surface area contributed by atoms with E-state index in [4.69, 9.17) is 0 Å². The molecule has 0 fully saturated rings. The van der Waals surface area contributed by atoms with E-state index in [1.807, 2.05) is 26.8 Å². The van der Waals surface area contributed by atoms with Gasteiger partial charge in [-0.15, -0.1) is 11.8 Å². The van der Waals surface area contributed by atoms with Gasteiger partial charge in [-0.3, -0.25) is 4.99 Å². The van der Waals surface area contributed by atoms with E-state index in [2.05, 4.69) is 18.2 Å². The molecule has 0 unspecified atom stereocenters. The lowest BCUT2D eigenvalue weighted by Gasteiger charge is -2.16. The van der Waals surface area contributed by atoms with Crippen LogP contribution in [0.2, 0.25) is 0 Å². The summed E-state index contributed by atoms with van der Waals surface area (Å²) in [6.07, 6.45) is 1.48. The van der Waals surface area contributed by atoms with Gasteiger partial charge in [-0.25, -0.2) is 8.78 Å². The molecule has 24 heavy (non-hydrogen) atoms. The Morgan fingerprint density at radius 2 is 1.92 bits per heavy atom. The number of thioether (sulfide) groups is 1. The molecule has 0 aromatic heterocycles. The zero-order chi connectivity index (χ0) is 18.5. The van der Waals surface area contributed by atoms with Gasteiger partial charge in [0, 0.05) is 28.1 Å². The van der Waals surface area contributed by atoms with Crippen LogP contribution in [0.15, 0.2) is 58.6 Å². The second-order valence-electron chi connectivity index (χ2n) is 6.40. The highest BCUT2D eigenvalue weighted by Crippen LogP contribution is 2.31. The van der Waals surface area contributed by atoms with Crippen LogP contribution in [0.4, 0.5) is 8.78 Å². The summed E-state index contributed by atoms with van der Waals surface area (Å²) in [5.41, 5.74) is 2.77. The van der Waals surface area contributed by atoms with E-state index in [0.29, 0.717) is 16.0 Å². The molecule has 0 aliphatic heterocycles. The van der Waals surface area contributed by atoms with E-state index in [-0.39, 0.29) is 11.6 Å². The zero-order valence-electron chi connectivity index (χ0n) is 15.0. The van der Waals surface area contributed by atoms with Gasteiger partial charge in [0.05, 0.1) is 0 Å². The van der Waals surface area contributed by atoms with Crippen molar-refractivity contribution in [3.8, 4) is 0 Å². The molecule has 0 aliphatic carbocycles. The molecule has 1 nitrogen and oxygen atoms in total. The molecule has 0 spiro atoms. The fourth-order valence-corrected chi connectivity index (χ4v) is 3.14. The molecule has 0 heterocycles. The Bertz CT molecular complexity index is 690. The number of aliphatic imine (C=N–C) groups is 1. The molecule has 0 N–H and O–H groups in total. The molecule has 1 aromatic rings. The Morgan fingerprint density at radius 3 is 2.38 bits per heavy atom. The van der Waals surface area contributed by atoms with Crippen molar-refractivity contribution in [2.45, 2.75) is 45.2 Å². The van der Waals surface area contributed by atoms with Crippen LogP contribution in [-0.4, -0.2) is 17.1 Å². The number of benzene rings is 1.